The van der Waals surface area contributed by atoms with E-state index in [9.17, 15) is 8.42 Å². The van der Waals surface area contributed by atoms with Crippen molar-refractivity contribution in [2.45, 2.75) is 44.5 Å². The first-order valence-corrected chi connectivity index (χ1v) is 8.95. The summed E-state index contributed by atoms with van der Waals surface area (Å²) in [6.07, 6.45) is 1.83. The molecule has 1 aromatic rings. The standard InChI is InChI=1S/C13H22ClN3O2S/c1-9(2)11-4-6-17(7-5-11)20(18,19)13-12(8-14)10(3)15-16-13/h9,11H,4-8H2,1-3H3,(H,15,16). The molecule has 0 amide bonds. The summed E-state index contributed by atoms with van der Waals surface area (Å²) < 4.78 is 26.8. The van der Waals surface area contributed by atoms with E-state index in [4.69, 9.17) is 11.6 Å². The highest BCUT2D eigenvalue weighted by Gasteiger charge is 2.33. The van der Waals surface area contributed by atoms with Gasteiger partial charge in [0.2, 0.25) is 0 Å². The zero-order chi connectivity index (χ0) is 14.9. The number of hydrogen-bond acceptors (Lipinski definition) is 3. The number of H-pyrrole nitrogens is 1. The second kappa shape index (κ2) is 6.03. The first-order chi connectivity index (χ1) is 9.37. The molecule has 1 aromatic heterocycles. The fourth-order valence-corrected chi connectivity index (χ4v) is 4.75. The monoisotopic (exact) mass is 319 g/mol. The smallest absolute Gasteiger partial charge is 0.262 e. The number of rotatable bonds is 4. The lowest BCUT2D eigenvalue weighted by molar-refractivity contribution is 0.226. The van der Waals surface area contributed by atoms with Gasteiger partial charge in [0.05, 0.1) is 5.88 Å². The molecule has 2 rings (SSSR count). The molecule has 2 heterocycles. The normalized spacial score (nSPS) is 18.9. The van der Waals surface area contributed by atoms with Crippen molar-refractivity contribution in [3.63, 3.8) is 0 Å². The molecular weight excluding hydrogens is 298 g/mol. The number of hydrogen-bond donors (Lipinski definition) is 1. The van der Waals surface area contributed by atoms with Gasteiger partial charge in [-0.15, -0.1) is 11.6 Å². The maximum atomic E-state index is 12.6. The van der Waals surface area contributed by atoms with Gasteiger partial charge < -0.3 is 0 Å². The minimum atomic E-state index is -3.53. The molecule has 5 nitrogen and oxygen atoms in total. The third-order valence-corrected chi connectivity index (χ3v) is 6.33. The highest BCUT2D eigenvalue weighted by molar-refractivity contribution is 7.89. The van der Waals surface area contributed by atoms with Crippen LogP contribution in [0.4, 0.5) is 0 Å². The summed E-state index contributed by atoms with van der Waals surface area (Å²) in [7, 11) is -3.53. The van der Waals surface area contributed by atoms with E-state index in [-0.39, 0.29) is 10.9 Å². The maximum absolute atomic E-state index is 12.6. The lowest BCUT2D eigenvalue weighted by atomic mass is 9.87. The third-order valence-electron chi connectivity index (χ3n) is 4.20. The lowest BCUT2D eigenvalue weighted by Gasteiger charge is -2.32. The van der Waals surface area contributed by atoms with Crippen molar-refractivity contribution in [1.29, 1.82) is 0 Å². The number of halogens is 1. The summed E-state index contributed by atoms with van der Waals surface area (Å²) in [6, 6.07) is 0. The summed E-state index contributed by atoms with van der Waals surface area (Å²) in [4.78, 5) is 0. The van der Waals surface area contributed by atoms with E-state index < -0.39 is 10.0 Å². The van der Waals surface area contributed by atoms with Gasteiger partial charge in [-0.1, -0.05) is 13.8 Å². The zero-order valence-corrected chi connectivity index (χ0v) is 13.8. The highest BCUT2D eigenvalue weighted by atomic mass is 35.5. The van der Waals surface area contributed by atoms with E-state index in [1.807, 2.05) is 0 Å². The van der Waals surface area contributed by atoms with Crippen LogP contribution in [0.1, 0.15) is 37.9 Å². The maximum Gasteiger partial charge on any atom is 0.262 e. The molecule has 1 saturated heterocycles. The number of aromatic amines is 1. The Hall–Kier alpha value is -0.590. The largest absolute Gasteiger partial charge is 0.281 e. The van der Waals surface area contributed by atoms with Crippen LogP contribution in [-0.2, 0) is 15.9 Å². The van der Waals surface area contributed by atoms with Gasteiger partial charge in [-0.2, -0.15) is 9.40 Å². The number of nitrogens with zero attached hydrogens (tertiary/aromatic N) is 2. The van der Waals surface area contributed by atoms with Crippen LogP contribution in [0.15, 0.2) is 5.03 Å². The number of aryl methyl sites for hydroxylation is 1. The van der Waals surface area contributed by atoms with Gasteiger partial charge >= 0.3 is 0 Å². The Balaban J connectivity index is 2.20. The summed E-state index contributed by atoms with van der Waals surface area (Å²) in [5.41, 5.74) is 1.30. The van der Waals surface area contributed by atoms with Crippen molar-refractivity contribution < 1.29 is 8.42 Å². The average Bonchev–Trinajstić information content (AvgIpc) is 2.80. The molecule has 20 heavy (non-hydrogen) atoms. The van der Waals surface area contributed by atoms with Crippen LogP contribution in [0.5, 0.6) is 0 Å². The first kappa shape index (κ1) is 15.8. The predicted molar refractivity (Wildman–Crippen MR) is 79.2 cm³/mol. The van der Waals surface area contributed by atoms with Gasteiger partial charge in [-0.05, 0) is 31.6 Å². The molecule has 0 aromatic carbocycles. The van der Waals surface area contributed by atoms with E-state index in [1.165, 1.54) is 4.31 Å². The summed E-state index contributed by atoms with van der Waals surface area (Å²) >= 11 is 5.85. The lowest BCUT2D eigenvalue weighted by Crippen LogP contribution is -2.39. The Labute approximate surface area is 125 Å². The summed E-state index contributed by atoms with van der Waals surface area (Å²) in [5.74, 6) is 1.36. The molecule has 7 heteroatoms. The number of alkyl halides is 1. The Kier molecular flexibility index (Phi) is 4.76. The van der Waals surface area contributed by atoms with Crippen molar-refractivity contribution >= 4 is 21.6 Å². The Bertz CT molecular complexity index is 560. The molecule has 0 saturated carbocycles. The van der Waals surface area contributed by atoms with Crippen LogP contribution >= 0.6 is 11.6 Å². The van der Waals surface area contributed by atoms with Crippen molar-refractivity contribution in [2.75, 3.05) is 13.1 Å². The predicted octanol–water partition coefficient (Wildman–Crippen LogP) is 2.51. The van der Waals surface area contributed by atoms with E-state index in [1.54, 1.807) is 6.92 Å². The molecule has 114 valence electrons. The number of nitrogens with one attached hydrogen (secondary N) is 1. The van der Waals surface area contributed by atoms with Crippen LogP contribution in [-0.4, -0.2) is 36.0 Å². The van der Waals surface area contributed by atoms with Crippen molar-refractivity contribution in [3.8, 4) is 0 Å². The van der Waals surface area contributed by atoms with Crippen LogP contribution in [0.25, 0.3) is 0 Å². The molecular formula is C13H22ClN3O2S. The highest BCUT2D eigenvalue weighted by Crippen LogP contribution is 2.29. The van der Waals surface area contributed by atoms with Gasteiger partial charge in [-0.3, -0.25) is 5.10 Å². The molecule has 0 bridgehead atoms. The molecule has 0 radical (unpaired) electrons. The van der Waals surface area contributed by atoms with Crippen LogP contribution < -0.4 is 0 Å². The molecule has 1 aliphatic heterocycles. The fourth-order valence-electron chi connectivity index (χ4n) is 2.71. The molecule has 0 spiro atoms. The molecule has 1 fully saturated rings. The van der Waals surface area contributed by atoms with Gasteiger partial charge in [0.15, 0.2) is 5.03 Å². The topological polar surface area (TPSA) is 66.1 Å². The van der Waals surface area contributed by atoms with Crippen molar-refractivity contribution in [2.24, 2.45) is 11.8 Å². The van der Waals surface area contributed by atoms with Crippen LogP contribution in [0, 0.1) is 18.8 Å². The second-order valence-electron chi connectivity index (χ2n) is 5.75. The van der Waals surface area contributed by atoms with E-state index in [0.29, 0.717) is 30.5 Å². The van der Waals surface area contributed by atoms with Crippen LogP contribution in [0.3, 0.4) is 0 Å². The van der Waals surface area contributed by atoms with Crippen LogP contribution in [0.2, 0.25) is 0 Å². The molecule has 0 atom stereocenters. The second-order valence-corrected chi connectivity index (χ2v) is 7.87. The number of piperidine rings is 1. The Morgan fingerprint density at radius 1 is 1.40 bits per heavy atom. The Morgan fingerprint density at radius 3 is 2.50 bits per heavy atom. The van der Waals surface area contributed by atoms with E-state index >= 15 is 0 Å². The molecule has 0 unspecified atom stereocenters. The van der Waals surface area contributed by atoms with E-state index in [0.717, 1.165) is 18.5 Å². The molecule has 0 aliphatic carbocycles. The summed E-state index contributed by atoms with van der Waals surface area (Å²) in [5, 5.41) is 6.76. The average molecular weight is 320 g/mol. The molecule has 1 N–H and O–H groups in total. The van der Waals surface area contributed by atoms with Gasteiger partial charge in [0, 0.05) is 24.3 Å². The minimum absolute atomic E-state index is 0.0907. The Morgan fingerprint density at radius 2 is 2.00 bits per heavy atom. The first-order valence-electron chi connectivity index (χ1n) is 6.98. The number of sulfonamides is 1. The van der Waals surface area contributed by atoms with E-state index in [2.05, 4.69) is 24.0 Å². The van der Waals surface area contributed by atoms with Crippen molar-refractivity contribution in [1.82, 2.24) is 14.5 Å². The molecule has 1 aliphatic rings. The SMILES string of the molecule is Cc1[nH]nc(S(=O)(=O)N2CCC(C(C)C)CC2)c1CCl. The minimum Gasteiger partial charge on any atom is -0.281 e. The van der Waals surface area contributed by atoms with Gasteiger partial charge in [0.1, 0.15) is 0 Å². The number of aromatic nitrogens is 2. The van der Waals surface area contributed by atoms with Gasteiger partial charge in [-0.25, -0.2) is 8.42 Å². The third kappa shape index (κ3) is 2.87. The fraction of sp³-hybridized carbons (Fsp3) is 0.769. The van der Waals surface area contributed by atoms with Crippen molar-refractivity contribution in [3.05, 3.63) is 11.3 Å². The quantitative estimate of drug-likeness (QED) is 0.867. The van der Waals surface area contributed by atoms with Gasteiger partial charge in [0.25, 0.3) is 10.0 Å². The summed E-state index contributed by atoms with van der Waals surface area (Å²) in [6.45, 7) is 7.31. The zero-order valence-electron chi connectivity index (χ0n) is 12.2.